The first-order chi connectivity index (χ1) is 11.1. The van der Waals surface area contributed by atoms with Crippen molar-refractivity contribution in [3.8, 4) is 0 Å². The summed E-state index contributed by atoms with van der Waals surface area (Å²) < 4.78 is 5.12. The molecule has 0 spiro atoms. The molecule has 1 aliphatic heterocycles. The fraction of sp³-hybridized carbons (Fsp3) is 0.611. The van der Waals surface area contributed by atoms with Crippen LogP contribution in [0, 0.1) is 5.92 Å². The molecule has 1 saturated heterocycles. The van der Waals surface area contributed by atoms with Crippen molar-refractivity contribution in [2.75, 3.05) is 26.7 Å². The third kappa shape index (κ3) is 4.31. The highest BCUT2D eigenvalue weighted by molar-refractivity contribution is 5.78. The number of rotatable bonds is 7. The second kappa shape index (κ2) is 6.99. The lowest BCUT2D eigenvalue weighted by atomic mass is 9.97. The fourth-order valence-electron chi connectivity index (χ4n) is 3.44. The van der Waals surface area contributed by atoms with Crippen molar-refractivity contribution in [3.63, 3.8) is 0 Å². The van der Waals surface area contributed by atoms with E-state index < -0.39 is 5.60 Å². The van der Waals surface area contributed by atoms with Gasteiger partial charge in [-0.25, -0.2) is 0 Å². The average Bonchev–Trinajstić information content (AvgIpc) is 3.32. The molecule has 5 heteroatoms. The summed E-state index contributed by atoms with van der Waals surface area (Å²) in [6, 6.07) is 8.04. The van der Waals surface area contributed by atoms with E-state index in [0.717, 1.165) is 36.9 Å². The molecule has 3 rings (SSSR count). The summed E-state index contributed by atoms with van der Waals surface area (Å²) >= 11 is 0. The summed E-state index contributed by atoms with van der Waals surface area (Å²) in [7, 11) is 1.67. The quantitative estimate of drug-likeness (QED) is 0.795. The summed E-state index contributed by atoms with van der Waals surface area (Å²) in [5, 5.41) is 13.5. The van der Waals surface area contributed by atoms with Crippen LogP contribution in [0.25, 0.3) is 0 Å². The number of hydrogen-bond acceptors (Lipinski definition) is 4. The molecule has 1 amide bonds. The smallest absolute Gasteiger partial charge is 0.234 e. The summed E-state index contributed by atoms with van der Waals surface area (Å²) in [5.74, 6) is 0.473. The maximum absolute atomic E-state index is 12.1. The molecule has 5 nitrogen and oxygen atoms in total. The topological polar surface area (TPSA) is 61.8 Å². The minimum Gasteiger partial charge on any atom is -0.388 e. The lowest BCUT2D eigenvalue weighted by molar-refractivity contribution is -0.122. The minimum absolute atomic E-state index is 0.0159. The van der Waals surface area contributed by atoms with Crippen LogP contribution in [0.2, 0.25) is 0 Å². The number of methoxy groups -OCH3 is 1. The lowest BCUT2D eigenvalue weighted by Gasteiger charge is -2.22. The number of carbonyl (C=O) groups excluding carboxylic acids is 1. The molecule has 1 unspecified atom stereocenters. The van der Waals surface area contributed by atoms with Crippen LogP contribution in [-0.4, -0.2) is 48.3 Å². The first kappa shape index (κ1) is 16.4. The zero-order valence-corrected chi connectivity index (χ0v) is 13.8. The Kier molecular flexibility index (Phi) is 4.99. The van der Waals surface area contributed by atoms with Crippen molar-refractivity contribution in [2.24, 2.45) is 5.92 Å². The van der Waals surface area contributed by atoms with Gasteiger partial charge in [0.15, 0.2) is 0 Å². The van der Waals surface area contributed by atoms with Crippen molar-refractivity contribution in [1.82, 2.24) is 10.2 Å². The number of hydrogen-bond donors (Lipinski definition) is 2. The van der Waals surface area contributed by atoms with Crippen LogP contribution in [0.5, 0.6) is 0 Å². The summed E-state index contributed by atoms with van der Waals surface area (Å²) in [6.07, 6.45) is 3.06. The Bertz CT molecular complexity index is 559. The number of ether oxygens (including phenoxy) is 1. The largest absolute Gasteiger partial charge is 0.388 e. The Hall–Kier alpha value is -1.43. The minimum atomic E-state index is -0.547. The molecule has 2 N–H and O–H groups in total. The molecule has 23 heavy (non-hydrogen) atoms. The Labute approximate surface area is 137 Å². The normalized spacial score (nSPS) is 24.8. The summed E-state index contributed by atoms with van der Waals surface area (Å²) in [5.41, 5.74) is 1.63. The van der Waals surface area contributed by atoms with E-state index in [-0.39, 0.29) is 5.91 Å². The van der Waals surface area contributed by atoms with E-state index in [4.69, 9.17) is 4.74 Å². The number of likely N-dealkylation sites (tertiary alicyclic amines) is 1. The number of nitrogens with zero attached hydrogens (tertiary/aromatic N) is 1. The zero-order chi connectivity index (χ0) is 16.3. The highest BCUT2D eigenvalue weighted by atomic mass is 16.5. The average molecular weight is 318 g/mol. The van der Waals surface area contributed by atoms with E-state index in [1.54, 1.807) is 7.11 Å². The zero-order valence-electron chi connectivity index (χ0n) is 13.8. The van der Waals surface area contributed by atoms with E-state index in [2.05, 4.69) is 10.2 Å². The van der Waals surface area contributed by atoms with Crippen LogP contribution >= 0.6 is 0 Å². The van der Waals surface area contributed by atoms with Crippen molar-refractivity contribution in [1.29, 1.82) is 0 Å². The van der Waals surface area contributed by atoms with Gasteiger partial charge in [0.25, 0.3) is 0 Å². The molecular formula is C18H26N2O3. The highest BCUT2D eigenvalue weighted by Crippen LogP contribution is 2.44. The van der Waals surface area contributed by atoms with Crippen LogP contribution in [0.15, 0.2) is 24.3 Å². The second-order valence-electron chi connectivity index (χ2n) is 6.87. The van der Waals surface area contributed by atoms with E-state index in [0.29, 0.717) is 32.2 Å². The van der Waals surface area contributed by atoms with Crippen molar-refractivity contribution < 1.29 is 14.6 Å². The first-order valence-corrected chi connectivity index (χ1v) is 8.37. The molecule has 0 bridgehead atoms. The van der Waals surface area contributed by atoms with Gasteiger partial charge in [-0.15, -0.1) is 0 Å². The predicted octanol–water partition coefficient (Wildman–Crippen LogP) is 1.30. The maximum Gasteiger partial charge on any atom is 0.234 e. The number of aliphatic hydroxyl groups is 1. The van der Waals surface area contributed by atoms with Gasteiger partial charge in [-0.1, -0.05) is 24.3 Å². The van der Waals surface area contributed by atoms with E-state index >= 15 is 0 Å². The van der Waals surface area contributed by atoms with Gasteiger partial charge in [0.1, 0.15) is 0 Å². The van der Waals surface area contributed by atoms with Gasteiger partial charge >= 0.3 is 0 Å². The SMILES string of the molecule is COCc1cccc(CNC(=O)CN2CCC(O)(C3CC3)C2)c1. The van der Waals surface area contributed by atoms with Crippen molar-refractivity contribution >= 4 is 5.91 Å². The van der Waals surface area contributed by atoms with Gasteiger partial charge in [-0.05, 0) is 36.3 Å². The molecule has 0 radical (unpaired) electrons. The summed E-state index contributed by atoms with van der Waals surface area (Å²) in [4.78, 5) is 14.2. The molecule has 1 aliphatic carbocycles. The second-order valence-corrected chi connectivity index (χ2v) is 6.87. The van der Waals surface area contributed by atoms with Gasteiger partial charge in [0.2, 0.25) is 5.91 Å². The third-order valence-electron chi connectivity index (χ3n) is 4.85. The molecule has 1 aromatic carbocycles. The summed E-state index contributed by atoms with van der Waals surface area (Å²) in [6.45, 7) is 2.91. The van der Waals surface area contributed by atoms with Gasteiger partial charge in [0, 0.05) is 26.7 Å². The molecule has 1 aromatic rings. The number of carbonyl (C=O) groups is 1. The van der Waals surface area contributed by atoms with Crippen LogP contribution in [0.4, 0.5) is 0 Å². The molecular weight excluding hydrogens is 292 g/mol. The fourth-order valence-corrected chi connectivity index (χ4v) is 3.44. The van der Waals surface area contributed by atoms with Crippen LogP contribution < -0.4 is 5.32 Å². The monoisotopic (exact) mass is 318 g/mol. The highest BCUT2D eigenvalue weighted by Gasteiger charge is 2.47. The van der Waals surface area contributed by atoms with Crippen molar-refractivity contribution in [3.05, 3.63) is 35.4 Å². The molecule has 1 heterocycles. The molecule has 126 valence electrons. The first-order valence-electron chi connectivity index (χ1n) is 8.37. The van der Waals surface area contributed by atoms with Gasteiger partial charge in [-0.3, -0.25) is 9.69 Å². The molecule has 1 atom stereocenters. The maximum atomic E-state index is 12.1. The van der Waals surface area contributed by atoms with E-state index in [1.807, 2.05) is 24.3 Å². The van der Waals surface area contributed by atoms with E-state index in [9.17, 15) is 9.90 Å². The Morgan fingerprint density at radius 1 is 1.43 bits per heavy atom. The van der Waals surface area contributed by atoms with Gasteiger partial charge in [0.05, 0.1) is 18.8 Å². The number of amides is 1. The molecule has 2 aliphatic rings. The van der Waals surface area contributed by atoms with E-state index in [1.165, 1.54) is 0 Å². The van der Waals surface area contributed by atoms with Crippen molar-refractivity contribution in [2.45, 2.75) is 38.0 Å². The molecule has 1 saturated carbocycles. The van der Waals surface area contributed by atoms with Gasteiger partial charge < -0.3 is 15.2 Å². The molecule has 2 fully saturated rings. The number of benzene rings is 1. The third-order valence-corrected chi connectivity index (χ3v) is 4.85. The van der Waals surface area contributed by atoms with Crippen LogP contribution in [-0.2, 0) is 22.7 Å². The number of β-amino-alcohol motifs (C(OH)–C–C–N with tert-alkyl or cyclic N) is 1. The van der Waals surface area contributed by atoms with Crippen LogP contribution in [0.3, 0.4) is 0 Å². The Morgan fingerprint density at radius 2 is 2.22 bits per heavy atom. The Morgan fingerprint density at radius 3 is 2.96 bits per heavy atom. The lowest BCUT2D eigenvalue weighted by Crippen LogP contribution is -2.40. The molecule has 0 aromatic heterocycles. The predicted molar refractivity (Wildman–Crippen MR) is 87.7 cm³/mol. The Balaban J connectivity index is 1.44. The van der Waals surface area contributed by atoms with Gasteiger partial charge in [-0.2, -0.15) is 0 Å². The number of nitrogens with one attached hydrogen (secondary N) is 1. The standard InChI is InChI=1S/C18H26N2O3/c1-23-12-15-4-2-3-14(9-15)10-19-17(21)11-20-8-7-18(22,13-20)16-5-6-16/h2-4,9,16,22H,5-8,10-13H2,1H3,(H,19,21). The van der Waals surface area contributed by atoms with Crippen LogP contribution in [0.1, 0.15) is 30.4 Å².